The number of hydrogen-bond acceptors (Lipinski definition) is 5. The molecule has 2 aromatic carbocycles. The van der Waals surface area contributed by atoms with Crippen LogP contribution in [0.1, 0.15) is 33.6 Å². The van der Waals surface area contributed by atoms with Crippen molar-refractivity contribution < 1.29 is 14.5 Å². The zero-order valence-electron chi connectivity index (χ0n) is 18.8. The molecular weight excluding hydrogens is 438 g/mol. The van der Waals surface area contributed by atoms with Gasteiger partial charge in [0.2, 0.25) is 0 Å². The molecule has 3 aromatic rings. The summed E-state index contributed by atoms with van der Waals surface area (Å²) < 4.78 is 2.00. The molecule has 7 nitrogen and oxygen atoms in total. The first-order valence-corrected chi connectivity index (χ1v) is 11.2. The van der Waals surface area contributed by atoms with Gasteiger partial charge in [0.1, 0.15) is 0 Å². The van der Waals surface area contributed by atoms with Crippen LogP contribution in [-0.2, 0) is 11.3 Å². The standard InChI is InChI=1S/C25H23N3O4S/c1-15-5-7-19(8-6-15)14-26-24(29)23(33-25(26)30)13-20-12-17(3)27(18(20)4)22-10-9-21(28(31)32)11-16(22)2/h5-13H,14H2,1-4H3/b23-13-. The van der Waals surface area contributed by atoms with Gasteiger partial charge in [0.05, 0.1) is 16.4 Å². The van der Waals surface area contributed by atoms with E-state index in [2.05, 4.69) is 0 Å². The van der Waals surface area contributed by atoms with E-state index in [1.54, 1.807) is 18.2 Å². The number of aromatic nitrogens is 1. The molecule has 1 aliphatic heterocycles. The number of carbonyl (C=O) groups is 2. The molecule has 0 aliphatic carbocycles. The quantitative estimate of drug-likeness (QED) is 0.270. The van der Waals surface area contributed by atoms with E-state index in [9.17, 15) is 19.7 Å². The first kappa shape index (κ1) is 22.5. The van der Waals surface area contributed by atoms with E-state index in [1.807, 2.05) is 62.6 Å². The van der Waals surface area contributed by atoms with Crippen LogP contribution >= 0.6 is 11.8 Å². The van der Waals surface area contributed by atoms with Gasteiger partial charge in [-0.2, -0.15) is 0 Å². The van der Waals surface area contributed by atoms with Crippen molar-refractivity contribution in [3.05, 3.63) is 97.2 Å². The van der Waals surface area contributed by atoms with Crippen molar-refractivity contribution >= 4 is 34.7 Å². The Balaban J connectivity index is 1.64. The lowest BCUT2D eigenvalue weighted by atomic mass is 10.1. The Morgan fingerprint density at radius 1 is 1.00 bits per heavy atom. The lowest BCUT2D eigenvalue weighted by Crippen LogP contribution is -2.27. The van der Waals surface area contributed by atoms with Crippen LogP contribution in [0.2, 0.25) is 0 Å². The maximum absolute atomic E-state index is 13.0. The van der Waals surface area contributed by atoms with Crippen molar-refractivity contribution in [2.45, 2.75) is 34.2 Å². The highest BCUT2D eigenvalue weighted by molar-refractivity contribution is 8.18. The SMILES string of the molecule is Cc1ccc(CN2C(=O)S/C(=C\c3cc(C)n(-c4ccc([N+](=O)[O-])cc4C)c3C)C2=O)cc1. The Morgan fingerprint density at radius 2 is 1.70 bits per heavy atom. The van der Waals surface area contributed by atoms with E-state index in [1.165, 1.54) is 11.0 Å². The number of imide groups is 1. The number of non-ortho nitro benzene ring substituents is 1. The minimum atomic E-state index is -0.412. The van der Waals surface area contributed by atoms with E-state index in [-0.39, 0.29) is 23.4 Å². The lowest BCUT2D eigenvalue weighted by Gasteiger charge is -2.13. The van der Waals surface area contributed by atoms with Crippen LogP contribution in [0.25, 0.3) is 11.8 Å². The number of amides is 2. The second kappa shape index (κ2) is 8.71. The second-order valence-electron chi connectivity index (χ2n) is 8.14. The molecule has 0 saturated carbocycles. The number of hydrogen-bond donors (Lipinski definition) is 0. The van der Waals surface area contributed by atoms with Gasteiger partial charge in [-0.1, -0.05) is 29.8 Å². The molecule has 1 aromatic heterocycles. The molecule has 1 fully saturated rings. The molecular formula is C25H23N3O4S. The number of carbonyl (C=O) groups excluding carboxylic acids is 2. The highest BCUT2D eigenvalue weighted by Gasteiger charge is 2.35. The number of nitro benzene ring substituents is 1. The summed E-state index contributed by atoms with van der Waals surface area (Å²) in [6.45, 7) is 7.92. The van der Waals surface area contributed by atoms with Crippen LogP contribution in [0.5, 0.6) is 0 Å². The molecule has 1 aliphatic rings. The van der Waals surface area contributed by atoms with E-state index in [4.69, 9.17) is 0 Å². The van der Waals surface area contributed by atoms with Gasteiger partial charge in [-0.05, 0) is 74.4 Å². The summed E-state index contributed by atoms with van der Waals surface area (Å²) in [5.74, 6) is -0.304. The second-order valence-corrected chi connectivity index (χ2v) is 9.14. The Bertz CT molecular complexity index is 1320. The van der Waals surface area contributed by atoms with Crippen molar-refractivity contribution in [2.75, 3.05) is 0 Å². The van der Waals surface area contributed by atoms with Crippen molar-refractivity contribution in [2.24, 2.45) is 0 Å². The summed E-state index contributed by atoms with van der Waals surface area (Å²) in [5, 5.41) is 10.8. The molecule has 2 amide bonds. The Morgan fingerprint density at radius 3 is 2.33 bits per heavy atom. The summed E-state index contributed by atoms with van der Waals surface area (Å²) in [7, 11) is 0. The molecule has 0 N–H and O–H groups in total. The van der Waals surface area contributed by atoms with E-state index in [0.29, 0.717) is 4.91 Å². The summed E-state index contributed by atoms with van der Waals surface area (Å²) >= 11 is 0.941. The maximum Gasteiger partial charge on any atom is 0.293 e. The highest BCUT2D eigenvalue weighted by Crippen LogP contribution is 2.35. The van der Waals surface area contributed by atoms with Gasteiger partial charge < -0.3 is 4.57 Å². The van der Waals surface area contributed by atoms with Crippen molar-refractivity contribution in [1.29, 1.82) is 0 Å². The van der Waals surface area contributed by atoms with Gasteiger partial charge in [-0.25, -0.2) is 0 Å². The lowest BCUT2D eigenvalue weighted by molar-refractivity contribution is -0.384. The van der Waals surface area contributed by atoms with Gasteiger partial charge in [0, 0.05) is 29.2 Å². The number of thioether (sulfide) groups is 1. The normalized spacial score (nSPS) is 15.0. The zero-order chi connectivity index (χ0) is 23.9. The number of aryl methyl sites for hydroxylation is 3. The van der Waals surface area contributed by atoms with Crippen LogP contribution in [0, 0.1) is 37.8 Å². The van der Waals surface area contributed by atoms with Gasteiger partial charge in [-0.3, -0.25) is 24.6 Å². The average Bonchev–Trinajstić information content (AvgIpc) is 3.19. The Labute approximate surface area is 195 Å². The average molecular weight is 462 g/mol. The summed E-state index contributed by atoms with van der Waals surface area (Å²) in [4.78, 5) is 37.8. The fourth-order valence-corrected chi connectivity index (χ4v) is 4.79. The first-order chi connectivity index (χ1) is 15.7. The summed E-state index contributed by atoms with van der Waals surface area (Å²) in [6, 6.07) is 14.5. The van der Waals surface area contributed by atoms with Gasteiger partial charge >= 0.3 is 0 Å². The molecule has 0 bridgehead atoms. The Hall–Kier alpha value is -3.65. The van der Waals surface area contributed by atoms with Gasteiger partial charge in [0.15, 0.2) is 0 Å². The maximum atomic E-state index is 13.0. The molecule has 168 valence electrons. The Kier molecular flexibility index (Phi) is 5.95. The highest BCUT2D eigenvalue weighted by atomic mass is 32.2. The van der Waals surface area contributed by atoms with Crippen molar-refractivity contribution in [3.63, 3.8) is 0 Å². The number of rotatable bonds is 5. The van der Waals surface area contributed by atoms with Gasteiger partial charge in [0.25, 0.3) is 16.8 Å². The van der Waals surface area contributed by atoms with Crippen LogP contribution in [0.15, 0.2) is 53.4 Å². The van der Waals surface area contributed by atoms with Crippen LogP contribution in [0.4, 0.5) is 10.5 Å². The predicted molar refractivity (Wildman–Crippen MR) is 129 cm³/mol. The topological polar surface area (TPSA) is 85.4 Å². The van der Waals surface area contributed by atoms with Crippen molar-refractivity contribution in [3.8, 4) is 5.69 Å². The molecule has 0 atom stereocenters. The van der Waals surface area contributed by atoms with Gasteiger partial charge in [-0.15, -0.1) is 0 Å². The third kappa shape index (κ3) is 4.34. The molecule has 0 radical (unpaired) electrons. The summed E-state index contributed by atoms with van der Waals surface area (Å²) in [6.07, 6.45) is 1.75. The van der Waals surface area contributed by atoms with E-state index < -0.39 is 4.92 Å². The molecule has 0 spiro atoms. The first-order valence-electron chi connectivity index (χ1n) is 10.4. The minimum Gasteiger partial charge on any atom is -0.318 e. The monoisotopic (exact) mass is 461 g/mol. The van der Waals surface area contributed by atoms with Crippen LogP contribution < -0.4 is 0 Å². The molecule has 1 saturated heterocycles. The molecule has 33 heavy (non-hydrogen) atoms. The molecule has 4 rings (SSSR count). The molecule has 8 heteroatoms. The third-order valence-electron chi connectivity index (χ3n) is 5.72. The number of nitro groups is 1. The number of nitrogens with zero attached hydrogens (tertiary/aromatic N) is 3. The third-order valence-corrected chi connectivity index (χ3v) is 6.63. The fourth-order valence-electron chi connectivity index (χ4n) is 3.96. The van der Waals surface area contributed by atoms with Crippen molar-refractivity contribution in [1.82, 2.24) is 9.47 Å². The number of benzene rings is 2. The summed E-state index contributed by atoms with van der Waals surface area (Å²) in [5.41, 5.74) is 6.30. The predicted octanol–water partition coefficient (Wildman–Crippen LogP) is 5.86. The smallest absolute Gasteiger partial charge is 0.293 e. The molecule has 0 unspecified atom stereocenters. The fraction of sp³-hybridized carbons (Fsp3) is 0.200. The van der Waals surface area contributed by atoms with E-state index in [0.717, 1.165) is 51.1 Å². The van der Waals surface area contributed by atoms with Crippen LogP contribution in [0.3, 0.4) is 0 Å². The van der Waals surface area contributed by atoms with Crippen LogP contribution in [-0.4, -0.2) is 25.5 Å². The largest absolute Gasteiger partial charge is 0.318 e. The minimum absolute atomic E-state index is 0.0428. The van der Waals surface area contributed by atoms with E-state index >= 15 is 0 Å². The molecule has 2 heterocycles. The zero-order valence-corrected chi connectivity index (χ0v) is 19.6.